The molecule has 0 bridgehead atoms. The molecule has 0 radical (unpaired) electrons. The van der Waals surface area contributed by atoms with Crippen molar-refractivity contribution in [1.29, 1.82) is 0 Å². The van der Waals surface area contributed by atoms with Gasteiger partial charge in [-0.1, -0.05) is 11.3 Å². The Morgan fingerprint density at radius 1 is 1.75 bits per heavy atom. The van der Waals surface area contributed by atoms with Gasteiger partial charge in [0.15, 0.2) is 0 Å². The topological polar surface area (TPSA) is 30.0 Å². The fraction of sp³-hybridized carbons (Fsp3) is 0.500. The minimum Gasteiger partial charge on any atom is -0.299 e. The van der Waals surface area contributed by atoms with Gasteiger partial charge in [0.05, 0.1) is 11.6 Å². The van der Waals surface area contributed by atoms with Crippen LogP contribution < -0.4 is 0 Å². The lowest BCUT2D eigenvalue weighted by molar-refractivity contribution is -0.118. The van der Waals surface area contributed by atoms with Gasteiger partial charge in [0, 0.05) is 4.88 Å². The molecule has 1 aromatic rings. The quantitative estimate of drug-likeness (QED) is 0.668. The summed E-state index contributed by atoms with van der Waals surface area (Å²) >= 11 is 1.07. The largest absolute Gasteiger partial charge is 0.299 e. The van der Waals surface area contributed by atoms with Gasteiger partial charge in [0.1, 0.15) is 5.78 Å². The first-order chi connectivity index (χ1) is 5.68. The van der Waals surface area contributed by atoms with Crippen LogP contribution in [0.1, 0.15) is 29.8 Å². The monoisotopic (exact) mass is 185 g/mol. The number of hydrogen-bond acceptors (Lipinski definition) is 3. The number of aromatic nitrogens is 1. The number of ketones is 1. The molecule has 4 heteroatoms. The molecule has 2 nitrogen and oxygen atoms in total. The Labute approximate surface area is 73.4 Å². The Morgan fingerprint density at radius 2 is 2.50 bits per heavy atom. The summed E-state index contributed by atoms with van der Waals surface area (Å²) in [7, 11) is 0. The molecule has 2 rings (SSSR count). The number of nitrogens with zero attached hydrogens (tertiary/aromatic N) is 1. The van der Waals surface area contributed by atoms with Crippen LogP contribution in [0.2, 0.25) is 0 Å². The molecule has 1 unspecified atom stereocenters. The van der Waals surface area contributed by atoms with E-state index in [4.69, 9.17) is 0 Å². The third kappa shape index (κ3) is 1.06. The molecule has 0 aliphatic heterocycles. The normalized spacial score (nSPS) is 21.0. The summed E-state index contributed by atoms with van der Waals surface area (Å²) in [6.07, 6.45) is 1.62. The van der Waals surface area contributed by atoms with Gasteiger partial charge < -0.3 is 0 Å². The standard InChI is InChI=1S/C8H8FNOS/c1-4(11)5-2-3-6-7(5)10-8(9)12-6/h5H,2-3H2,1H3. The smallest absolute Gasteiger partial charge is 0.269 e. The van der Waals surface area contributed by atoms with Crippen LogP contribution in [0.4, 0.5) is 4.39 Å². The van der Waals surface area contributed by atoms with Gasteiger partial charge in [0.25, 0.3) is 5.26 Å². The number of carbonyl (C=O) groups excluding carboxylic acids is 1. The molecule has 1 aliphatic carbocycles. The average molecular weight is 185 g/mol. The maximum Gasteiger partial charge on any atom is 0.269 e. The Hall–Kier alpha value is -0.770. The number of hydrogen-bond donors (Lipinski definition) is 0. The van der Waals surface area contributed by atoms with E-state index >= 15 is 0 Å². The van der Waals surface area contributed by atoms with Crippen molar-refractivity contribution in [3.63, 3.8) is 0 Å². The molecule has 12 heavy (non-hydrogen) atoms. The van der Waals surface area contributed by atoms with Crippen LogP contribution in [-0.2, 0) is 11.2 Å². The zero-order valence-corrected chi connectivity index (χ0v) is 7.45. The van der Waals surface area contributed by atoms with Crippen molar-refractivity contribution in [3.05, 3.63) is 15.8 Å². The number of aryl methyl sites for hydroxylation is 1. The van der Waals surface area contributed by atoms with Gasteiger partial charge in [-0.15, -0.1) is 0 Å². The van der Waals surface area contributed by atoms with Crippen molar-refractivity contribution in [1.82, 2.24) is 4.98 Å². The van der Waals surface area contributed by atoms with Gasteiger partial charge in [-0.05, 0) is 19.8 Å². The predicted octanol–water partition coefficient (Wildman–Crippen LogP) is 1.90. The summed E-state index contributed by atoms with van der Waals surface area (Å²) in [6.45, 7) is 1.54. The van der Waals surface area contributed by atoms with E-state index in [9.17, 15) is 9.18 Å². The summed E-state index contributed by atoms with van der Waals surface area (Å²) in [5.41, 5.74) is 0.685. The molecular formula is C8H8FNOS. The molecular weight excluding hydrogens is 177 g/mol. The van der Waals surface area contributed by atoms with Crippen molar-refractivity contribution < 1.29 is 9.18 Å². The fourth-order valence-electron chi connectivity index (χ4n) is 1.59. The zero-order valence-electron chi connectivity index (χ0n) is 6.63. The van der Waals surface area contributed by atoms with Gasteiger partial charge in [0.2, 0.25) is 0 Å². The molecule has 1 aliphatic rings. The second kappa shape index (κ2) is 2.62. The van der Waals surface area contributed by atoms with Gasteiger partial charge in [-0.25, -0.2) is 4.98 Å². The number of Topliss-reactive ketones (excluding diaryl/α,β-unsaturated/α-hetero) is 1. The molecule has 0 fully saturated rings. The summed E-state index contributed by atoms with van der Waals surface area (Å²) in [5.74, 6) is -0.0419. The summed E-state index contributed by atoms with van der Waals surface area (Å²) < 4.78 is 12.6. The van der Waals surface area contributed by atoms with E-state index in [0.717, 1.165) is 29.1 Å². The molecule has 1 atom stereocenters. The highest BCUT2D eigenvalue weighted by Crippen LogP contribution is 2.36. The molecule has 0 saturated carbocycles. The molecule has 64 valence electrons. The van der Waals surface area contributed by atoms with Crippen LogP contribution in [0.25, 0.3) is 0 Å². The molecule has 0 amide bonds. The third-order valence-electron chi connectivity index (χ3n) is 2.18. The first-order valence-electron chi connectivity index (χ1n) is 3.84. The van der Waals surface area contributed by atoms with E-state index < -0.39 is 5.26 Å². The summed E-state index contributed by atoms with van der Waals surface area (Å²) in [4.78, 5) is 15.7. The first kappa shape index (κ1) is 7.86. The first-order valence-corrected chi connectivity index (χ1v) is 4.65. The average Bonchev–Trinajstić information content (AvgIpc) is 2.43. The lowest BCUT2D eigenvalue weighted by Crippen LogP contribution is -2.05. The number of halogens is 1. The fourth-order valence-corrected chi connectivity index (χ4v) is 2.45. The van der Waals surface area contributed by atoms with E-state index in [0.29, 0.717) is 5.69 Å². The minimum absolute atomic E-state index is 0.0963. The van der Waals surface area contributed by atoms with Gasteiger partial charge in [-0.3, -0.25) is 4.79 Å². The molecule has 0 N–H and O–H groups in total. The number of fused-ring (bicyclic) bond motifs is 1. The summed E-state index contributed by atoms with van der Waals surface area (Å²) in [6, 6.07) is 0. The maximum atomic E-state index is 12.6. The SMILES string of the molecule is CC(=O)C1CCc2sc(F)nc21. The van der Waals surface area contributed by atoms with Crippen molar-refractivity contribution in [2.45, 2.75) is 25.7 Å². The van der Waals surface area contributed by atoms with Crippen molar-refractivity contribution in [3.8, 4) is 0 Å². The number of thiazole rings is 1. The van der Waals surface area contributed by atoms with E-state index in [1.54, 1.807) is 0 Å². The van der Waals surface area contributed by atoms with E-state index in [1.165, 1.54) is 6.92 Å². The van der Waals surface area contributed by atoms with Crippen LogP contribution in [0.3, 0.4) is 0 Å². The molecule has 0 spiro atoms. The van der Waals surface area contributed by atoms with Crippen LogP contribution >= 0.6 is 11.3 Å². The second-order valence-electron chi connectivity index (χ2n) is 2.98. The number of rotatable bonds is 1. The molecule has 0 aromatic carbocycles. The Bertz CT molecular complexity index is 334. The predicted molar refractivity (Wildman–Crippen MR) is 43.8 cm³/mol. The minimum atomic E-state index is -0.411. The zero-order chi connectivity index (χ0) is 8.72. The lowest BCUT2D eigenvalue weighted by Gasteiger charge is -2.01. The van der Waals surface area contributed by atoms with Gasteiger partial charge >= 0.3 is 0 Å². The van der Waals surface area contributed by atoms with E-state index in [2.05, 4.69) is 4.98 Å². The van der Waals surface area contributed by atoms with Crippen molar-refractivity contribution in [2.75, 3.05) is 0 Å². The van der Waals surface area contributed by atoms with Crippen molar-refractivity contribution >= 4 is 17.1 Å². The maximum absolute atomic E-state index is 12.6. The molecule has 1 heterocycles. The molecule has 0 saturated heterocycles. The lowest BCUT2D eigenvalue weighted by atomic mass is 10.0. The van der Waals surface area contributed by atoms with Crippen LogP contribution in [0.15, 0.2) is 0 Å². The Morgan fingerprint density at radius 3 is 3.17 bits per heavy atom. The van der Waals surface area contributed by atoms with Crippen molar-refractivity contribution in [2.24, 2.45) is 0 Å². The number of carbonyl (C=O) groups is 1. The third-order valence-corrected chi connectivity index (χ3v) is 3.10. The molecule has 1 aromatic heterocycles. The van der Waals surface area contributed by atoms with E-state index in [-0.39, 0.29) is 11.7 Å². The van der Waals surface area contributed by atoms with E-state index in [1.807, 2.05) is 0 Å². The van der Waals surface area contributed by atoms with Crippen LogP contribution in [0.5, 0.6) is 0 Å². The highest BCUT2D eigenvalue weighted by Gasteiger charge is 2.30. The van der Waals surface area contributed by atoms with Gasteiger partial charge in [-0.2, -0.15) is 4.39 Å². The van der Waals surface area contributed by atoms with Crippen LogP contribution in [-0.4, -0.2) is 10.8 Å². The Balaban J connectivity index is 2.41. The highest BCUT2D eigenvalue weighted by molar-refractivity contribution is 7.10. The summed E-state index contributed by atoms with van der Waals surface area (Å²) in [5, 5.41) is -0.411. The second-order valence-corrected chi connectivity index (χ2v) is 4.01. The Kier molecular flexibility index (Phi) is 1.72. The van der Waals surface area contributed by atoms with Crippen LogP contribution in [0, 0.1) is 5.26 Å². The highest BCUT2D eigenvalue weighted by atomic mass is 32.1.